The molecule has 0 aromatic carbocycles. The molecule has 1 heterocycles. The van der Waals surface area contributed by atoms with E-state index in [0.29, 0.717) is 17.8 Å². The quantitative estimate of drug-likeness (QED) is 0.414. The molecule has 3 unspecified atom stereocenters. The van der Waals surface area contributed by atoms with Crippen molar-refractivity contribution in [1.82, 2.24) is 4.57 Å². The molecule has 110 valence electrons. The monoisotopic (exact) mass is 376 g/mol. The Labute approximate surface area is 136 Å². The van der Waals surface area contributed by atoms with E-state index in [4.69, 9.17) is 0 Å². The van der Waals surface area contributed by atoms with Crippen molar-refractivity contribution < 1.29 is 28.5 Å². The highest BCUT2D eigenvalue weighted by Crippen LogP contribution is 2.38. The Morgan fingerprint density at radius 2 is 1.95 bits per heavy atom. The van der Waals surface area contributed by atoms with E-state index in [-0.39, 0.29) is 38.8 Å². The zero-order valence-corrected chi connectivity index (χ0v) is 12.6. The summed E-state index contributed by atoms with van der Waals surface area (Å²) < 4.78 is 4.36. The van der Waals surface area contributed by atoms with Gasteiger partial charge in [0, 0.05) is 5.92 Å². The van der Waals surface area contributed by atoms with Crippen LogP contribution < -0.4 is 28.5 Å². The SMILES string of the molecule is C.C.C=CC1CC(C=C)C(Cn2cc[n+](C)c2)C1.[I-]. The van der Waals surface area contributed by atoms with E-state index in [0.717, 1.165) is 6.54 Å². The zero-order valence-electron chi connectivity index (χ0n) is 10.4. The Morgan fingerprint density at radius 1 is 1.26 bits per heavy atom. The van der Waals surface area contributed by atoms with Crippen LogP contribution in [0.2, 0.25) is 0 Å². The number of hydrogen-bond acceptors (Lipinski definition) is 0. The van der Waals surface area contributed by atoms with Crippen LogP contribution in [0.3, 0.4) is 0 Å². The van der Waals surface area contributed by atoms with Gasteiger partial charge in [-0.3, -0.25) is 0 Å². The van der Waals surface area contributed by atoms with Crippen LogP contribution in [0, 0.1) is 17.8 Å². The van der Waals surface area contributed by atoms with Crippen LogP contribution in [0.15, 0.2) is 44.0 Å². The third-order valence-electron chi connectivity index (χ3n) is 3.69. The van der Waals surface area contributed by atoms with Crippen molar-refractivity contribution in [1.29, 1.82) is 0 Å². The van der Waals surface area contributed by atoms with Gasteiger partial charge in [-0.25, -0.2) is 9.13 Å². The van der Waals surface area contributed by atoms with Crippen molar-refractivity contribution in [2.45, 2.75) is 34.2 Å². The third kappa shape index (κ3) is 5.13. The summed E-state index contributed by atoms with van der Waals surface area (Å²) in [5.74, 6) is 2.04. The Kier molecular flexibility index (Phi) is 10.2. The van der Waals surface area contributed by atoms with Crippen molar-refractivity contribution in [2.24, 2.45) is 24.8 Å². The topological polar surface area (TPSA) is 8.81 Å². The van der Waals surface area contributed by atoms with Crippen LogP contribution in [0.1, 0.15) is 27.7 Å². The first-order chi connectivity index (χ1) is 7.72. The van der Waals surface area contributed by atoms with Crippen molar-refractivity contribution in [2.75, 3.05) is 0 Å². The predicted octanol–water partition coefficient (Wildman–Crippen LogP) is 0.603. The number of imidazole rings is 1. The van der Waals surface area contributed by atoms with Gasteiger partial charge in [0.15, 0.2) is 0 Å². The maximum Gasteiger partial charge on any atom is 0.243 e. The van der Waals surface area contributed by atoms with Gasteiger partial charge in [-0.05, 0) is 24.7 Å². The van der Waals surface area contributed by atoms with Gasteiger partial charge in [-0.1, -0.05) is 27.0 Å². The lowest BCUT2D eigenvalue weighted by molar-refractivity contribution is -0.671. The lowest BCUT2D eigenvalue weighted by atomic mass is 9.96. The van der Waals surface area contributed by atoms with Crippen molar-refractivity contribution in [3.05, 3.63) is 44.0 Å². The molecule has 0 radical (unpaired) electrons. The van der Waals surface area contributed by atoms with Gasteiger partial charge in [0.05, 0.1) is 13.6 Å². The van der Waals surface area contributed by atoms with Crippen LogP contribution in [-0.2, 0) is 13.6 Å². The lowest BCUT2D eigenvalue weighted by Gasteiger charge is -2.12. The number of halogens is 1. The molecular weight excluding hydrogens is 347 g/mol. The van der Waals surface area contributed by atoms with Crippen molar-refractivity contribution >= 4 is 0 Å². The molecule has 2 nitrogen and oxygen atoms in total. The number of aromatic nitrogens is 2. The highest BCUT2D eigenvalue weighted by atomic mass is 127. The van der Waals surface area contributed by atoms with Crippen LogP contribution >= 0.6 is 0 Å². The molecule has 0 amide bonds. The standard InChI is InChI=1S/C14H21N2.2CH4.HI/c1-4-12-8-13(5-2)14(9-12)10-16-7-6-15(3)11-16;;;/h4-7,11-14H,1-2,8-10H2,3H3;2*1H4;1H/q+1;;;/p-1. The summed E-state index contributed by atoms with van der Waals surface area (Å²) >= 11 is 0. The fraction of sp³-hybridized carbons (Fsp3) is 0.562. The first-order valence-corrected chi connectivity index (χ1v) is 5.99. The highest BCUT2D eigenvalue weighted by Gasteiger charge is 2.32. The fourth-order valence-electron chi connectivity index (χ4n) is 2.77. The molecule has 3 heteroatoms. The Morgan fingerprint density at radius 3 is 2.42 bits per heavy atom. The second-order valence-corrected chi connectivity index (χ2v) is 4.90. The summed E-state index contributed by atoms with van der Waals surface area (Å²) in [5.41, 5.74) is 0. The lowest BCUT2D eigenvalue weighted by Crippen LogP contribution is -3.00. The molecule has 2 rings (SSSR count). The van der Waals surface area contributed by atoms with Crippen molar-refractivity contribution in [3.8, 4) is 0 Å². The van der Waals surface area contributed by atoms with Gasteiger partial charge in [0.1, 0.15) is 12.4 Å². The van der Waals surface area contributed by atoms with Crippen LogP contribution in [0.25, 0.3) is 0 Å². The molecule has 3 atom stereocenters. The molecule has 1 aromatic rings. The van der Waals surface area contributed by atoms with Crippen molar-refractivity contribution in [3.63, 3.8) is 0 Å². The summed E-state index contributed by atoms with van der Waals surface area (Å²) in [5, 5.41) is 0. The molecular formula is C16H29IN2. The third-order valence-corrected chi connectivity index (χ3v) is 3.69. The fourth-order valence-corrected chi connectivity index (χ4v) is 2.77. The minimum Gasteiger partial charge on any atom is -1.00 e. The van der Waals surface area contributed by atoms with Gasteiger partial charge in [-0.15, -0.1) is 13.2 Å². The number of hydrogen-bond donors (Lipinski definition) is 0. The first kappa shape index (κ1) is 20.7. The van der Waals surface area contributed by atoms with Gasteiger partial charge in [0.25, 0.3) is 0 Å². The summed E-state index contributed by atoms with van der Waals surface area (Å²) in [4.78, 5) is 0. The average molecular weight is 376 g/mol. The number of allylic oxidation sites excluding steroid dienone is 2. The molecule has 0 N–H and O–H groups in total. The van der Waals surface area contributed by atoms with E-state index >= 15 is 0 Å². The van der Waals surface area contributed by atoms with E-state index in [1.807, 2.05) is 0 Å². The zero-order chi connectivity index (χ0) is 11.5. The van der Waals surface area contributed by atoms with Gasteiger partial charge in [0.2, 0.25) is 6.33 Å². The summed E-state index contributed by atoms with van der Waals surface area (Å²) in [7, 11) is 2.06. The molecule has 0 bridgehead atoms. The van der Waals surface area contributed by atoms with Gasteiger partial charge < -0.3 is 24.0 Å². The molecule has 1 aliphatic rings. The number of nitrogens with zero attached hydrogens (tertiary/aromatic N) is 2. The highest BCUT2D eigenvalue weighted by molar-refractivity contribution is 4.98. The second-order valence-electron chi connectivity index (χ2n) is 4.90. The second kappa shape index (κ2) is 9.34. The van der Waals surface area contributed by atoms with E-state index in [9.17, 15) is 0 Å². The van der Waals surface area contributed by atoms with E-state index < -0.39 is 0 Å². The molecule has 0 aliphatic heterocycles. The Bertz CT molecular complexity index is 384. The number of rotatable bonds is 4. The van der Waals surface area contributed by atoms with E-state index in [2.05, 4.69) is 60.2 Å². The smallest absolute Gasteiger partial charge is 0.243 e. The van der Waals surface area contributed by atoms with Gasteiger partial charge in [-0.2, -0.15) is 0 Å². The predicted molar refractivity (Wildman–Crippen MR) is 79.2 cm³/mol. The number of aryl methyl sites for hydroxylation is 1. The summed E-state index contributed by atoms with van der Waals surface area (Å²) in [6.45, 7) is 8.97. The minimum absolute atomic E-state index is 0. The normalized spacial score (nSPS) is 24.6. The Hall–Kier alpha value is -0.580. The first-order valence-electron chi connectivity index (χ1n) is 5.99. The molecule has 1 fully saturated rings. The Balaban J connectivity index is 0. The largest absolute Gasteiger partial charge is 1.00 e. The molecule has 1 aliphatic carbocycles. The maximum atomic E-state index is 3.96. The molecule has 19 heavy (non-hydrogen) atoms. The van der Waals surface area contributed by atoms with Crippen LogP contribution in [0.4, 0.5) is 0 Å². The minimum atomic E-state index is 0. The molecule has 0 saturated heterocycles. The van der Waals surface area contributed by atoms with E-state index in [1.54, 1.807) is 0 Å². The van der Waals surface area contributed by atoms with Crippen LogP contribution in [-0.4, -0.2) is 4.57 Å². The average Bonchev–Trinajstić information content (AvgIpc) is 2.85. The van der Waals surface area contributed by atoms with Gasteiger partial charge >= 0.3 is 0 Å². The van der Waals surface area contributed by atoms with Crippen LogP contribution in [0.5, 0.6) is 0 Å². The summed E-state index contributed by atoms with van der Waals surface area (Å²) in [6.07, 6.45) is 13.1. The molecule has 1 aromatic heterocycles. The molecule has 0 spiro atoms. The van der Waals surface area contributed by atoms with E-state index in [1.165, 1.54) is 12.8 Å². The molecule has 1 saturated carbocycles. The maximum absolute atomic E-state index is 3.96. The summed E-state index contributed by atoms with van der Waals surface area (Å²) in [6, 6.07) is 0.